The first-order chi connectivity index (χ1) is 10.9. The maximum absolute atomic E-state index is 12.4. The van der Waals surface area contributed by atoms with E-state index in [1.807, 2.05) is 39.0 Å². The largest absolute Gasteiger partial charge is 0.350 e. The van der Waals surface area contributed by atoms with Crippen LogP contribution in [0.4, 0.5) is 5.69 Å². The molecule has 0 atom stereocenters. The van der Waals surface area contributed by atoms with Gasteiger partial charge in [0, 0.05) is 21.6 Å². The second kappa shape index (κ2) is 7.42. The van der Waals surface area contributed by atoms with Crippen molar-refractivity contribution in [2.24, 2.45) is 0 Å². The Morgan fingerprint density at radius 1 is 1.00 bits per heavy atom. The lowest BCUT2D eigenvalue weighted by molar-refractivity contribution is 0.0943. The lowest BCUT2D eigenvalue weighted by Gasteiger charge is -2.11. The number of amides is 2. The van der Waals surface area contributed by atoms with Gasteiger partial charge in [-0.05, 0) is 72.6 Å². The number of carbonyl (C=O) groups is 2. The van der Waals surface area contributed by atoms with Crippen LogP contribution in [0.5, 0.6) is 0 Å². The highest BCUT2D eigenvalue weighted by Crippen LogP contribution is 2.24. The van der Waals surface area contributed by atoms with Crippen LogP contribution in [0.3, 0.4) is 0 Å². The van der Waals surface area contributed by atoms with Crippen molar-refractivity contribution in [3.05, 3.63) is 63.6 Å². The molecule has 0 aromatic heterocycles. The summed E-state index contributed by atoms with van der Waals surface area (Å²) in [6.45, 7) is 5.76. The fraction of sp³-hybridized carbons (Fsp3) is 0.222. The molecule has 0 aliphatic carbocycles. The van der Waals surface area contributed by atoms with E-state index in [-0.39, 0.29) is 17.9 Å². The third-order valence-corrected chi connectivity index (χ3v) is 3.84. The molecule has 0 aliphatic rings. The number of halogens is 1. The third kappa shape index (κ3) is 4.66. The van der Waals surface area contributed by atoms with Crippen molar-refractivity contribution >= 4 is 33.4 Å². The summed E-state index contributed by atoms with van der Waals surface area (Å²) in [6, 6.07) is 12.4. The molecule has 2 amide bonds. The summed E-state index contributed by atoms with van der Waals surface area (Å²) in [6.07, 6.45) is 0. The highest BCUT2D eigenvalue weighted by molar-refractivity contribution is 9.10. The van der Waals surface area contributed by atoms with Gasteiger partial charge < -0.3 is 10.6 Å². The highest BCUT2D eigenvalue weighted by Gasteiger charge is 2.12. The van der Waals surface area contributed by atoms with E-state index in [9.17, 15) is 9.59 Å². The first kappa shape index (κ1) is 17.2. The molecule has 2 aromatic carbocycles. The smallest absolute Gasteiger partial charge is 0.255 e. The zero-order valence-electron chi connectivity index (χ0n) is 13.3. The number of hydrogen-bond donors (Lipinski definition) is 2. The Hall–Kier alpha value is -2.14. The summed E-state index contributed by atoms with van der Waals surface area (Å²) in [4.78, 5) is 24.4. The number of nitrogens with one attached hydrogen (secondary N) is 2. The van der Waals surface area contributed by atoms with Crippen LogP contribution >= 0.6 is 15.9 Å². The van der Waals surface area contributed by atoms with Crippen LogP contribution in [0.2, 0.25) is 0 Å². The highest BCUT2D eigenvalue weighted by atomic mass is 79.9. The number of rotatable bonds is 4. The molecule has 0 saturated carbocycles. The molecule has 2 N–H and O–H groups in total. The normalized spacial score (nSPS) is 10.5. The molecule has 5 heteroatoms. The van der Waals surface area contributed by atoms with E-state index >= 15 is 0 Å². The fourth-order valence-electron chi connectivity index (χ4n) is 2.06. The maximum atomic E-state index is 12.4. The van der Waals surface area contributed by atoms with Crippen LogP contribution in [0.15, 0.2) is 46.9 Å². The molecular weight excluding hydrogens is 356 g/mol. The molecule has 0 heterocycles. The Morgan fingerprint density at radius 3 is 2.26 bits per heavy atom. The topological polar surface area (TPSA) is 58.2 Å². The van der Waals surface area contributed by atoms with Crippen LogP contribution < -0.4 is 10.6 Å². The average Bonchev–Trinajstić information content (AvgIpc) is 2.49. The first-order valence-electron chi connectivity index (χ1n) is 7.35. The van der Waals surface area contributed by atoms with E-state index < -0.39 is 0 Å². The van der Waals surface area contributed by atoms with Gasteiger partial charge in [0.25, 0.3) is 11.8 Å². The number of carbonyl (C=O) groups excluding carboxylic acids is 2. The summed E-state index contributed by atoms with van der Waals surface area (Å²) in [5.41, 5.74) is 2.70. The van der Waals surface area contributed by atoms with Gasteiger partial charge in [0.05, 0.1) is 5.69 Å². The van der Waals surface area contributed by atoms with Crippen LogP contribution in [0.1, 0.15) is 40.1 Å². The van der Waals surface area contributed by atoms with Crippen molar-refractivity contribution in [3.8, 4) is 0 Å². The van der Waals surface area contributed by atoms with Crippen molar-refractivity contribution in [3.63, 3.8) is 0 Å². The predicted molar refractivity (Wildman–Crippen MR) is 95.9 cm³/mol. The molecule has 0 bridgehead atoms. The van der Waals surface area contributed by atoms with Gasteiger partial charge in [0.15, 0.2) is 0 Å². The van der Waals surface area contributed by atoms with Crippen LogP contribution in [0.25, 0.3) is 0 Å². The summed E-state index contributed by atoms with van der Waals surface area (Å²) in [5, 5.41) is 5.66. The lowest BCUT2D eigenvalue weighted by atomic mass is 10.1. The van der Waals surface area contributed by atoms with Gasteiger partial charge >= 0.3 is 0 Å². The molecule has 120 valence electrons. The third-order valence-electron chi connectivity index (χ3n) is 3.18. The van der Waals surface area contributed by atoms with Crippen LogP contribution in [0, 0.1) is 6.92 Å². The Balaban J connectivity index is 2.18. The Labute approximate surface area is 144 Å². The van der Waals surface area contributed by atoms with E-state index in [4.69, 9.17) is 0 Å². The van der Waals surface area contributed by atoms with Crippen molar-refractivity contribution in [1.29, 1.82) is 0 Å². The molecule has 0 spiro atoms. The predicted octanol–water partition coefficient (Wildman–Crippen LogP) is 4.15. The van der Waals surface area contributed by atoms with E-state index in [0.717, 1.165) is 10.0 Å². The standard InChI is InChI=1S/C18H19BrN2O2/c1-11(2)20-17(22)13-5-4-6-14(10-13)18(23)21-16-8-7-12(3)9-15(16)19/h4-11H,1-3H3,(H,20,22)(H,21,23). The SMILES string of the molecule is Cc1ccc(NC(=O)c2cccc(C(=O)NC(C)C)c2)c(Br)c1. The van der Waals surface area contributed by atoms with Gasteiger partial charge in [-0.1, -0.05) is 12.1 Å². The summed E-state index contributed by atoms with van der Waals surface area (Å²) < 4.78 is 0.819. The molecule has 23 heavy (non-hydrogen) atoms. The van der Waals surface area contributed by atoms with Gasteiger partial charge in [0.1, 0.15) is 0 Å². The van der Waals surface area contributed by atoms with Gasteiger partial charge in [-0.2, -0.15) is 0 Å². The molecule has 0 aliphatic heterocycles. The van der Waals surface area contributed by atoms with Crippen molar-refractivity contribution in [1.82, 2.24) is 5.32 Å². The molecule has 0 fully saturated rings. The van der Waals surface area contributed by atoms with Gasteiger partial charge in [0.2, 0.25) is 0 Å². The molecule has 0 saturated heterocycles. The quantitative estimate of drug-likeness (QED) is 0.844. The number of benzene rings is 2. The lowest BCUT2D eigenvalue weighted by Crippen LogP contribution is -2.30. The zero-order valence-corrected chi connectivity index (χ0v) is 14.9. The van der Waals surface area contributed by atoms with Gasteiger partial charge in [-0.25, -0.2) is 0 Å². The van der Waals surface area contributed by atoms with Crippen molar-refractivity contribution in [2.75, 3.05) is 5.32 Å². The van der Waals surface area contributed by atoms with E-state index in [2.05, 4.69) is 26.6 Å². The van der Waals surface area contributed by atoms with Crippen LogP contribution in [-0.2, 0) is 0 Å². The molecular formula is C18H19BrN2O2. The molecule has 0 unspecified atom stereocenters. The average molecular weight is 375 g/mol. The summed E-state index contributed by atoms with van der Waals surface area (Å²) >= 11 is 3.43. The second-order valence-corrected chi connectivity index (χ2v) is 6.50. The van der Waals surface area contributed by atoms with Gasteiger partial charge in [-0.15, -0.1) is 0 Å². The monoisotopic (exact) mass is 374 g/mol. The van der Waals surface area contributed by atoms with Crippen molar-refractivity contribution in [2.45, 2.75) is 26.8 Å². The summed E-state index contributed by atoms with van der Waals surface area (Å²) in [7, 11) is 0. The van der Waals surface area contributed by atoms with Gasteiger partial charge in [-0.3, -0.25) is 9.59 Å². The molecule has 4 nitrogen and oxygen atoms in total. The number of hydrogen-bond acceptors (Lipinski definition) is 2. The minimum atomic E-state index is -0.256. The van der Waals surface area contributed by atoms with Crippen LogP contribution in [-0.4, -0.2) is 17.9 Å². The summed E-state index contributed by atoms with van der Waals surface area (Å²) in [5.74, 6) is -0.445. The molecule has 2 rings (SSSR count). The van der Waals surface area contributed by atoms with E-state index in [1.54, 1.807) is 24.3 Å². The molecule has 2 aromatic rings. The number of anilines is 1. The fourth-order valence-corrected chi connectivity index (χ4v) is 2.66. The molecule has 0 radical (unpaired) electrons. The minimum absolute atomic E-state index is 0.0449. The zero-order chi connectivity index (χ0) is 17.0. The van der Waals surface area contributed by atoms with E-state index in [0.29, 0.717) is 16.8 Å². The second-order valence-electron chi connectivity index (χ2n) is 5.65. The Kier molecular flexibility index (Phi) is 5.55. The van der Waals surface area contributed by atoms with E-state index in [1.165, 1.54) is 0 Å². The minimum Gasteiger partial charge on any atom is -0.350 e. The maximum Gasteiger partial charge on any atom is 0.255 e. The Bertz CT molecular complexity index is 742. The number of aryl methyl sites for hydroxylation is 1. The Morgan fingerprint density at radius 2 is 1.65 bits per heavy atom. The van der Waals surface area contributed by atoms with Crippen molar-refractivity contribution < 1.29 is 9.59 Å². The first-order valence-corrected chi connectivity index (χ1v) is 8.14.